The fraction of sp³-hybridized carbons (Fsp3) is 0.545. The van der Waals surface area contributed by atoms with Crippen LogP contribution in [0.2, 0.25) is 0 Å². The summed E-state index contributed by atoms with van der Waals surface area (Å²) in [5.74, 6) is -0.346. The third-order valence-electron chi connectivity index (χ3n) is 2.59. The zero-order chi connectivity index (χ0) is 14.3. The van der Waals surface area contributed by atoms with Gasteiger partial charge in [-0.3, -0.25) is 5.10 Å². The molecule has 0 aliphatic heterocycles. The normalized spacial score (nSPS) is 11.9. The van der Waals surface area contributed by atoms with Gasteiger partial charge in [0.2, 0.25) is 0 Å². The van der Waals surface area contributed by atoms with Crippen molar-refractivity contribution in [3.8, 4) is 0 Å². The lowest BCUT2D eigenvalue weighted by Gasteiger charge is -2.14. The second-order valence-electron chi connectivity index (χ2n) is 4.02. The van der Waals surface area contributed by atoms with E-state index in [0.717, 1.165) is 11.3 Å². The third-order valence-corrected chi connectivity index (χ3v) is 3.23. The molecule has 8 heteroatoms. The molecule has 7 nitrogen and oxygen atoms in total. The van der Waals surface area contributed by atoms with Crippen LogP contribution in [-0.2, 0) is 11.3 Å². The van der Waals surface area contributed by atoms with Gasteiger partial charge in [-0.25, -0.2) is 9.59 Å². The Morgan fingerprint density at radius 1 is 1.58 bits per heavy atom. The maximum absolute atomic E-state index is 11.6. The minimum atomic E-state index is -1.02. The first-order valence-corrected chi connectivity index (χ1v) is 7.19. The highest BCUT2D eigenvalue weighted by Gasteiger charge is 2.19. The smallest absolute Gasteiger partial charge is 0.326 e. The first-order valence-electron chi connectivity index (χ1n) is 5.79. The SMILES string of the molecule is CSCC[C@@H](NC(=O)NCc1cn[nH]c1C)C(=O)O. The first kappa shape index (κ1) is 15.4. The van der Waals surface area contributed by atoms with Gasteiger partial charge in [0.25, 0.3) is 0 Å². The summed E-state index contributed by atoms with van der Waals surface area (Å²) in [5, 5.41) is 20.6. The Balaban J connectivity index is 2.40. The Labute approximate surface area is 115 Å². The fourth-order valence-electron chi connectivity index (χ4n) is 1.43. The number of H-pyrrole nitrogens is 1. The van der Waals surface area contributed by atoms with Crippen molar-refractivity contribution in [3.63, 3.8) is 0 Å². The Morgan fingerprint density at radius 3 is 2.84 bits per heavy atom. The van der Waals surface area contributed by atoms with Crippen molar-refractivity contribution in [2.75, 3.05) is 12.0 Å². The van der Waals surface area contributed by atoms with Crippen LogP contribution >= 0.6 is 11.8 Å². The van der Waals surface area contributed by atoms with E-state index in [1.54, 1.807) is 18.0 Å². The standard InChI is InChI=1S/C11H18N4O3S/c1-7-8(6-13-15-7)5-12-11(18)14-9(10(16)17)3-4-19-2/h6,9H,3-5H2,1-2H3,(H,13,15)(H,16,17)(H2,12,14,18)/t9-/m1/s1. The van der Waals surface area contributed by atoms with Crippen LogP contribution in [0, 0.1) is 6.92 Å². The highest BCUT2D eigenvalue weighted by atomic mass is 32.2. The molecule has 1 heterocycles. The molecule has 0 radical (unpaired) electrons. The predicted octanol–water partition coefficient (Wildman–Crippen LogP) is 0.724. The number of urea groups is 1. The summed E-state index contributed by atoms with van der Waals surface area (Å²) in [6, 6.07) is -1.35. The van der Waals surface area contributed by atoms with E-state index < -0.39 is 18.0 Å². The van der Waals surface area contributed by atoms with Crippen LogP contribution in [-0.4, -0.2) is 45.4 Å². The Kier molecular flexibility index (Phi) is 6.20. The van der Waals surface area contributed by atoms with Crippen LogP contribution in [0.25, 0.3) is 0 Å². The van der Waals surface area contributed by atoms with Crippen LogP contribution in [0.4, 0.5) is 4.79 Å². The minimum Gasteiger partial charge on any atom is -0.480 e. The molecule has 0 saturated carbocycles. The van der Waals surface area contributed by atoms with Crippen molar-refractivity contribution >= 4 is 23.8 Å². The van der Waals surface area contributed by atoms with Crippen LogP contribution < -0.4 is 10.6 Å². The van der Waals surface area contributed by atoms with E-state index in [-0.39, 0.29) is 0 Å². The molecule has 1 rings (SSSR count). The van der Waals surface area contributed by atoms with Gasteiger partial charge in [0.05, 0.1) is 6.20 Å². The molecule has 0 aliphatic carbocycles. The number of amides is 2. The molecule has 0 fully saturated rings. The molecular formula is C11H18N4O3S. The molecule has 0 spiro atoms. The summed E-state index contributed by atoms with van der Waals surface area (Å²) in [4.78, 5) is 22.6. The lowest BCUT2D eigenvalue weighted by atomic mass is 10.2. The zero-order valence-corrected chi connectivity index (χ0v) is 11.7. The molecule has 1 aromatic heterocycles. The second-order valence-corrected chi connectivity index (χ2v) is 5.01. The molecule has 0 saturated heterocycles. The van der Waals surface area contributed by atoms with Crippen LogP contribution in [0.1, 0.15) is 17.7 Å². The Hall–Kier alpha value is -1.70. The molecule has 0 unspecified atom stereocenters. The number of hydrogen-bond donors (Lipinski definition) is 4. The second kappa shape index (κ2) is 7.67. The summed E-state index contributed by atoms with van der Waals surface area (Å²) in [5.41, 5.74) is 1.74. The summed E-state index contributed by atoms with van der Waals surface area (Å²) < 4.78 is 0. The van der Waals surface area contributed by atoms with Crippen molar-refractivity contribution in [2.24, 2.45) is 0 Å². The number of thioether (sulfide) groups is 1. The average Bonchev–Trinajstić information content (AvgIpc) is 2.77. The van der Waals surface area contributed by atoms with Crippen molar-refractivity contribution in [1.29, 1.82) is 0 Å². The largest absolute Gasteiger partial charge is 0.480 e. The molecule has 4 N–H and O–H groups in total. The van der Waals surface area contributed by atoms with Gasteiger partial charge in [-0.2, -0.15) is 16.9 Å². The molecule has 106 valence electrons. The molecule has 0 bridgehead atoms. The van der Waals surface area contributed by atoms with Gasteiger partial charge >= 0.3 is 12.0 Å². The molecule has 0 aromatic carbocycles. The number of aromatic amines is 1. The predicted molar refractivity (Wildman–Crippen MR) is 73.1 cm³/mol. The van der Waals surface area contributed by atoms with Gasteiger partial charge in [0.15, 0.2) is 0 Å². The molecule has 1 atom stereocenters. The van der Waals surface area contributed by atoms with E-state index in [9.17, 15) is 9.59 Å². The summed E-state index contributed by atoms with van der Waals surface area (Å²) in [6.07, 6.45) is 3.91. The number of aliphatic carboxylic acids is 1. The van der Waals surface area contributed by atoms with Crippen LogP contribution in [0.15, 0.2) is 6.20 Å². The van der Waals surface area contributed by atoms with Crippen molar-refractivity contribution < 1.29 is 14.7 Å². The van der Waals surface area contributed by atoms with Crippen molar-refractivity contribution in [2.45, 2.75) is 25.9 Å². The third kappa shape index (κ3) is 5.21. The number of carbonyl (C=O) groups is 2. The molecule has 0 aliphatic rings. The van der Waals surface area contributed by atoms with E-state index in [2.05, 4.69) is 20.8 Å². The van der Waals surface area contributed by atoms with Gasteiger partial charge in [0, 0.05) is 17.8 Å². The number of hydrogen-bond acceptors (Lipinski definition) is 4. The molecule has 2 amide bonds. The number of carboxylic acid groups (broad SMARTS) is 1. The number of nitrogens with zero attached hydrogens (tertiary/aromatic N) is 1. The lowest BCUT2D eigenvalue weighted by Crippen LogP contribution is -2.46. The quantitative estimate of drug-likeness (QED) is 0.591. The molecule has 1 aromatic rings. The maximum atomic E-state index is 11.6. The average molecular weight is 286 g/mol. The van der Waals surface area contributed by atoms with Gasteiger partial charge in [-0.1, -0.05) is 0 Å². The van der Waals surface area contributed by atoms with Gasteiger partial charge in [0.1, 0.15) is 6.04 Å². The minimum absolute atomic E-state index is 0.309. The van der Waals surface area contributed by atoms with E-state index in [1.807, 2.05) is 13.2 Å². The van der Waals surface area contributed by atoms with E-state index >= 15 is 0 Å². The Morgan fingerprint density at radius 2 is 2.32 bits per heavy atom. The fourth-order valence-corrected chi connectivity index (χ4v) is 1.90. The summed E-state index contributed by atoms with van der Waals surface area (Å²) >= 11 is 1.54. The van der Waals surface area contributed by atoms with Gasteiger partial charge in [-0.15, -0.1) is 0 Å². The van der Waals surface area contributed by atoms with Gasteiger partial charge in [-0.05, 0) is 25.4 Å². The van der Waals surface area contributed by atoms with Crippen LogP contribution in [0.3, 0.4) is 0 Å². The topological polar surface area (TPSA) is 107 Å². The van der Waals surface area contributed by atoms with E-state index in [0.29, 0.717) is 18.7 Å². The number of aromatic nitrogens is 2. The maximum Gasteiger partial charge on any atom is 0.326 e. The zero-order valence-electron chi connectivity index (χ0n) is 10.9. The van der Waals surface area contributed by atoms with E-state index in [1.165, 1.54) is 0 Å². The number of nitrogens with one attached hydrogen (secondary N) is 3. The van der Waals surface area contributed by atoms with Crippen molar-refractivity contribution in [1.82, 2.24) is 20.8 Å². The summed E-state index contributed by atoms with van der Waals surface area (Å²) in [6.45, 7) is 2.16. The molecule has 19 heavy (non-hydrogen) atoms. The van der Waals surface area contributed by atoms with Crippen molar-refractivity contribution in [3.05, 3.63) is 17.5 Å². The molecular weight excluding hydrogens is 268 g/mol. The van der Waals surface area contributed by atoms with Gasteiger partial charge < -0.3 is 15.7 Å². The number of rotatable bonds is 7. The monoisotopic (exact) mass is 286 g/mol. The highest BCUT2D eigenvalue weighted by Crippen LogP contribution is 2.02. The summed E-state index contributed by atoms with van der Waals surface area (Å²) in [7, 11) is 0. The number of aryl methyl sites for hydroxylation is 1. The lowest BCUT2D eigenvalue weighted by molar-refractivity contribution is -0.139. The van der Waals surface area contributed by atoms with E-state index in [4.69, 9.17) is 5.11 Å². The van der Waals surface area contributed by atoms with Crippen LogP contribution in [0.5, 0.6) is 0 Å². The number of carboxylic acids is 1. The number of carbonyl (C=O) groups excluding carboxylic acids is 1. The highest BCUT2D eigenvalue weighted by molar-refractivity contribution is 7.98. The first-order chi connectivity index (χ1) is 9.04. The Bertz CT molecular complexity index is 435.